The van der Waals surface area contributed by atoms with Gasteiger partial charge < -0.3 is 5.43 Å². The monoisotopic (exact) mass is 340 g/mol. The van der Waals surface area contributed by atoms with Crippen molar-refractivity contribution in [3.63, 3.8) is 0 Å². The second-order valence-electron chi connectivity index (χ2n) is 5.74. The lowest BCUT2D eigenvalue weighted by molar-refractivity contribution is -0.115. The first-order valence-electron chi connectivity index (χ1n) is 7.72. The third-order valence-electron chi connectivity index (χ3n) is 3.96. The van der Waals surface area contributed by atoms with Gasteiger partial charge in [0, 0.05) is 28.8 Å². The molecule has 0 saturated carbocycles. The SMILES string of the molecule is O=C1C=C(NNC(=O)c2ccc(Cl)cc2)C[C@@H](c2ccccc2)C1. The average Bonchev–Trinajstić information content (AvgIpc) is 2.60. The first kappa shape index (κ1) is 16.3. The molecule has 5 heteroatoms. The Morgan fingerprint density at radius 3 is 2.42 bits per heavy atom. The molecule has 0 aromatic heterocycles. The summed E-state index contributed by atoms with van der Waals surface area (Å²) in [7, 11) is 0. The van der Waals surface area contributed by atoms with Crippen LogP contribution in [0.5, 0.6) is 0 Å². The number of halogens is 1. The van der Waals surface area contributed by atoms with Crippen LogP contribution in [0.15, 0.2) is 66.4 Å². The number of amides is 1. The van der Waals surface area contributed by atoms with E-state index in [9.17, 15) is 9.59 Å². The molecule has 3 rings (SSSR count). The zero-order chi connectivity index (χ0) is 16.9. The average molecular weight is 341 g/mol. The van der Waals surface area contributed by atoms with Crippen LogP contribution in [0.3, 0.4) is 0 Å². The standard InChI is InChI=1S/C19H17ClN2O2/c20-16-8-6-14(7-9-16)19(24)22-21-17-10-15(11-18(23)12-17)13-4-2-1-3-5-13/h1-9,12,15,21H,10-11H2,(H,22,24)/t15-/m1/s1. The Kier molecular flexibility index (Phi) is 4.96. The number of carbonyl (C=O) groups excluding carboxylic acids is 2. The van der Waals surface area contributed by atoms with Crippen LogP contribution in [0.4, 0.5) is 0 Å². The predicted octanol–water partition coefficient (Wildman–Crippen LogP) is 3.61. The minimum absolute atomic E-state index is 0.0540. The molecule has 1 aliphatic carbocycles. The van der Waals surface area contributed by atoms with Gasteiger partial charge in [-0.1, -0.05) is 41.9 Å². The van der Waals surface area contributed by atoms with E-state index < -0.39 is 0 Å². The molecular weight excluding hydrogens is 324 g/mol. The quantitative estimate of drug-likeness (QED) is 0.836. The maximum absolute atomic E-state index is 12.1. The van der Waals surface area contributed by atoms with Crippen molar-refractivity contribution in [1.82, 2.24) is 10.9 Å². The molecule has 24 heavy (non-hydrogen) atoms. The number of benzene rings is 2. The van der Waals surface area contributed by atoms with Gasteiger partial charge in [-0.3, -0.25) is 15.0 Å². The minimum atomic E-state index is -0.276. The highest BCUT2D eigenvalue weighted by Crippen LogP contribution is 2.29. The van der Waals surface area contributed by atoms with Crippen molar-refractivity contribution in [3.05, 3.63) is 82.5 Å². The largest absolute Gasteiger partial charge is 0.302 e. The third kappa shape index (κ3) is 4.03. The van der Waals surface area contributed by atoms with E-state index >= 15 is 0 Å². The van der Waals surface area contributed by atoms with Crippen LogP contribution in [0.25, 0.3) is 0 Å². The molecule has 1 amide bonds. The molecule has 2 N–H and O–H groups in total. The fraction of sp³-hybridized carbons (Fsp3) is 0.158. The fourth-order valence-electron chi connectivity index (χ4n) is 2.75. The van der Waals surface area contributed by atoms with Gasteiger partial charge in [-0.25, -0.2) is 0 Å². The summed E-state index contributed by atoms with van der Waals surface area (Å²) in [6.07, 6.45) is 2.72. The lowest BCUT2D eigenvalue weighted by Gasteiger charge is -2.23. The van der Waals surface area contributed by atoms with Crippen LogP contribution in [-0.2, 0) is 4.79 Å². The zero-order valence-corrected chi connectivity index (χ0v) is 13.7. The van der Waals surface area contributed by atoms with Crippen LogP contribution < -0.4 is 10.9 Å². The highest BCUT2D eigenvalue weighted by molar-refractivity contribution is 6.30. The number of rotatable bonds is 4. The second-order valence-corrected chi connectivity index (χ2v) is 6.17. The number of carbonyl (C=O) groups is 2. The molecule has 4 nitrogen and oxygen atoms in total. The van der Waals surface area contributed by atoms with Gasteiger partial charge in [-0.2, -0.15) is 0 Å². The van der Waals surface area contributed by atoms with Crippen molar-refractivity contribution < 1.29 is 9.59 Å². The van der Waals surface area contributed by atoms with Crippen molar-refractivity contribution in [1.29, 1.82) is 0 Å². The molecule has 0 fully saturated rings. The number of hydrogen-bond acceptors (Lipinski definition) is 3. The summed E-state index contributed by atoms with van der Waals surface area (Å²) >= 11 is 5.81. The Morgan fingerprint density at radius 2 is 1.71 bits per heavy atom. The van der Waals surface area contributed by atoms with Gasteiger partial charge in [-0.15, -0.1) is 0 Å². The van der Waals surface area contributed by atoms with E-state index in [0.717, 1.165) is 5.56 Å². The normalized spacial score (nSPS) is 17.1. The third-order valence-corrected chi connectivity index (χ3v) is 4.22. The first-order chi connectivity index (χ1) is 11.6. The molecule has 122 valence electrons. The molecule has 0 spiro atoms. The number of hydrazine groups is 1. The van der Waals surface area contributed by atoms with Gasteiger partial charge in [0.2, 0.25) is 0 Å². The summed E-state index contributed by atoms with van der Waals surface area (Å²) < 4.78 is 0. The Morgan fingerprint density at radius 1 is 1.00 bits per heavy atom. The lowest BCUT2D eigenvalue weighted by Crippen LogP contribution is -2.38. The summed E-state index contributed by atoms with van der Waals surface area (Å²) in [6, 6.07) is 16.5. The topological polar surface area (TPSA) is 58.2 Å². The summed E-state index contributed by atoms with van der Waals surface area (Å²) in [5.41, 5.74) is 7.83. The van der Waals surface area contributed by atoms with Gasteiger partial charge in [-0.05, 0) is 42.2 Å². The Balaban J connectivity index is 1.63. The molecule has 0 saturated heterocycles. The van der Waals surface area contributed by atoms with Crippen molar-refractivity contribution >= 4 is 23.3 Å². The smallest absolute Gasteiger partial charge is 0.269 e. The van der Waals surface area contributed by atoms with Crippen LogP contribution >= 0.6 is 11.6 Å². The lowest BCUT2D eigenvalue weighted by atomic mass is 9.86. The van der Waals surface area contributed by atoms with Gasteiger partial charge in [0.15, 0.2) is 5.78 Å². The number of nitrogens with one attached hydrogen (secondary N) is 2. The summed E-state index contributed by atoms with van der Waals surface area (Å²) in [5, 5.41) is 0.575. The molecule has 0 unspecified atom stereocenters. The molecular formula is C19H17ClN2O2. The Hall–Kier alpha value is -2.59. The molecule has 0 bridgehead atoms. The Labute approximate surface area is 145 Å². The van der Waals surface area contributed by atoms with E-state index in [2.05, 4.69) is 10.9 Å². The van der Waals surface area contributed by atoms with Crippen LogP contribution in [0.2, 0.25) is 5.02 Å². The molecule has 0 radical (unpaired) electrons. The van der Waals surface area contributed by atoms with E-state index in [4.69, 9.17) is 11.6 Å². The summed E-state index contributed by atoms with van der Waals surface area (Å²) in [6.45, 7) is 0. The van der Waals surface area contributed by atoms with Crippen LogP contribution in [0, 0.1) is 0 Å². The molecule has 1 aliphatic rings. The molecule has 1 atom stereocenters. The summed E-state index contributed by atoms with van der Waals surface area (Å²) in [4.78, 5) is 24.1. The highest BCUT2D eigenvalue weighted by Gasteiger charge is 2.22. The number of allylic oxidation sites excluding steroid dienone is 2. The van der Waals surface area contributed by atoms with Gasteiger partial charge in [0.05, 0.1) is 0 Å². The van der Waals surface area contributed by atoms with Crippen molar-refractivity contribution in [2.45, 2.75) is 18.8 Å². The molecule has 0 aliphatic heterocycles. The van der Waals surface area contributed by atoms with Crippen molar-refractivity contribution in [2.75, 3.05) is 0 Å². The number of ketones is 1. The van der Waals surface area contributed by atoms with E-state index in [1.807, 2.05) is 30.3 Å². The van der Waals surface area contributed by atoms with Crippen LogP contribution in [0.1, 0.15) is 34.7 Å². The Bertz CT molecular complexity index is 770. The van der Waals surface area contributed by atoms with E-state index in [-0.39, 0.29) is 17.6 Å². The van der Waals surface area contributed by atoms with E-state index in [1.165, 1.54) is 0 Å². The maximum atomic E-state index is 12.1. The predicted molar refractivity (Wildman–Crippen MR) is 93.6 cm³/mol. The molecule has 2 aromatic carbocycles. The fourth-order valence-corrected chi connectivity index (χ4v) is 2.88. The zero-order valence-electron chi connectivity index (χ0n) is 13.0. The van der Waals surface area contributed by atoms with E-state index in [0.29, 0.717) is 29.1 Å². The molecule has 2 aromatic rings. The van der Waals surface area contributed by atoms with Gasteiger partial charge >= 0.3 is 0 Å². The highest BCUT2D eigenvalue weighted by atomic mass is 35.5. The summed E-state index contributed by atoms with van der Waals surface area (Å²) in [5.74, 6) is -0.0983. The van der Waals surface area contributed by atoms with Gasteiger partial charge in [0.1, 0.15) is 0 Å². The number of hydrogen-bond donors (Lipinski definition) is 2. The molecule has 0 heterocycles. The van der Waals surface area contributed by atoms with Crippen molar-refractivity contribution in [2.24, 2.45) is 0 Å². The minimum Gasteiger partial charge on any atom is -0.302 e. The second kappa shape index (κ2) is 7.32. The van der Waals surface area contributed by atoms with Crippen molar-refractivity contribution in [3.8, 4) is 0 Å². The first-order valence-corrected chi connectivity index (χ1v) is 8.10. The maximum Gasteiger partial charge on any atom is 0.269 e. The van der Waals surface area contributed by atoms with Gasteiger partial charge in [0.25, 0.3) is 5.91 Å². The van der Waals surface area contributed by atoms with Crippen LogP contribution in [-0.4, -0.2) is 11.7 Å². The van der Waals surface area contributed by atoms with E-state index in [1.54, 1.807) is 30.3 Å².